The summed E-state index contributed by atoms with van der Waals surface area (Å²) in [5.74, 6) is 1.54. The topological polar surface area (TPSA) is 63.6 Å². The normalized spacial score (nSPS) is 10.3. The smallest absolute Gasteiger partial charge is 0.206 e. The second-order valence-corrected chi connectivity index (χ2v) is 5.06. The summed E-state index contributed by atoms with van der Waals surface area (Å²) in [5, 5.41) is 12.1. The van der Waals surface area contributed by atoms with Crippen LogP contribution in [-0.2, 0) is 5.75 Å². The molecule has 84 valence electrons. The van der Waals surface area contributed by atoms with Gasteiger partial charge >= 0.3 is 0 Å². The van der Waals surface area contributed by atoms with Crippen LogP contribution in [0.3, 0.4) is 0 Å². The first-order valence-electron chi connectivity index (χ1n) is 4.84. The zero-order valence-electron chi connectivity index (χ0n) is 8.75. The van der Waals surface area contributed by atoms with Crippen molar-refractivity contribution >= 4 is 28.2 Å². The lowest BCUT2D eigenvalue weighted by atomic mass is 10.6. The molecule has 0 aliphatic rings. The lowest BCUT2D eigenvalue weighted by molar-refractivity contribution is 0.994. The van der Waals surface area contributed by atoms with Gasteiger partial charge in [-0.1, -0.05) is 23.1 Å². The first-order chi connectivity index (χ1) is 7.88. The van der Waals surface area contributed by atoms with Crippen LogP contribution in [0.25, 0.3) is 0 Å². The van der Waals surface area contributed by atoms with Crippen LogP contribution in [0.4, 0.5) is 5.13 Å². The number of thioether (sulfide) groups is 1. The van der Waals surface area contributed by atoms with Crippen molar-refractivity contribution < 1.29 is 0 Å². The molecule has 2 aromatic rings. The quantitative estimate of drug-likeness (QED) is 0.823. The molecule has 0 radical (unpaired) electrons. The van der Waals surface area contributed by atoms with Gasteiger partial charge in [-0.05, 0) is 13.0 Å². The van der Waals surface area contributed by atoms with Gasteiger partial charge in [0.15, 0.2) is 4.34 Å². The predicted molar refractivity (Wildman–Crippen MR) is 65.7 cm³/mol. The molecule has 0 atom stereocenters. The van der Waals surface area contributed by atoms with E-state index in [2.05, 4.69) is 25.5 Å². The maximum absolute atomic E-state index is 4.15. The first kappa shape index (κ1) is 11.3. The zero-order valence-corrected chi connectivity index (χ0v) is 10.4. The monoisotopic (exact) mass is 253 g/mol. The van der Waals surface area contributed by atoms with Gasteiger partial charge in [-0.3, -0.25) is 0 Å². The molecule has 0 unspecified atom stereocenters. The van der Waals surface area contributed by atoms with E-state index >= 15 is 0 Å². The summed E-state index contributed by atoms with van der Waals surface area (Å²) < 4.78 is 0.934. The molecule has 0 bridgehead atoms. The Balaban J connectivity index is 1.89. The highest BCUT2D eigenvalue weighted by atomic mass is 32.2. The maximum atomic E-state index is 4.15. The molecule has 16 heavy (non-hydrogen) atoms. The lowest BCUT2D eigenvalue weighted by Crippen LogP contribution is -1.94. The Bertz CT molecular complexity index is 430. The van der Waals surface area contributed by atoms with E-state index in [1.54, 1.807) is 35.5 Å². The van der Waals surface area contributed by atoms with E-state index in [9.17, 15) is 0 Å². The van der Waals surface area contributed by atoms with Crippen LogP contribution in [0, 0.1) is 0 Å². The number of anilines is 1. The fourth-order valence-electron chi connectivity index (χ4n) is 1.02. The summed E-state index contributed by atoms with van der Waals surface area (Å²) in [6.45, 7) is 2.90. The third-order valence-electron chi connectivity index (χ3n) is 1.68. The average molecular weight is 253 g/mol. The van der Waals surface area contributed by atoms with Crippen molar-refractivity contribution in [3.8, 4) is 0 Å². The molecule has 0 fully saturated rings. The van der Waals surface area contributed by atoms with Crippen molar-refractivity contribution in [1.29, 1.82) is 0 Å². The van der Waals surface area contributed by atoms with E-state index < -0.39 is 0 Å². The minimum absolute atomic E-state index is 0.724. The maximum Gasteiger partial charge on any atom is 0.206 e. The van der Waals surface area contributed by atoms with Crippen LogP contribution in [-0.4, -0.2) is 26.7 Å². The van der Waals surface area contributed by atoms with Gasteiger partial charge in [0.25, 0.3) is 0 Å². The minimum atomic E-state index is 0.724. The lowest BCUT2D eigenvalue weighted by Gasteiger charge is -1.95. The molecular formula is C9H11N5S2. The molecule has 0 spiro atoms. The Kier molecular flexibility index (Phi) is 4.06. The molecule has 2 aromatic heterocycles. The van der Waals surface area contributed by atoms with Gasteiger partial charge in [-0.25, -0.2) is 9.97 Å². The number of hydrogen-bond acceptors (Lipinski definition) is 7. The summed E-state index contributed by atoms with van der Waals surface area (Å²) in [5.41, 5.74) is 0. The number of nitrogens with zero attached hydrogens (tertiary/aromatic N) is 4. The number of aromatic nitrogens is 4. The van der Waals surface area contributed by atoms with Crippen molar-refractivity contribution in [2.75, 3.05) is 11.9 Å². The van der Waals surface area contributed by atoms with Crippen molar-refractivity contribution in [3.05, 3.63) is 24.3 Å². The third kappa shape index (κ3) is 3.14. The molecule has 7 heteroatoms. The molecule has 0 saturated heterocycles. The summed E-state index contributed by atoms with van der Waals surface area (Å²) in [6, 6.07) is 1.81. The third-order valence-corrected chi connectivity index (χ3v) is 3.69. The molecule has 0 aliphatic carbocycles. The fraction of sp³-hybridized carbons (Fsp3) is 0.333. The van der Waals surface area contributed by atoms with E-state index in [4.69, 9.17) is 0 Å². The van der Waals surface area contributed by atoms with Gasteiger partial charge in [0.2, 0.25) is 5.13 Å². The van der Waals surface area contributed by atoms with Crippen molar-refractivity contribution in [2.24, 2.45) is 0 Å². The summed E-state index contributed by atoms with van der Waals surface area (Å²) >= 11 is 3.15. The van der Waals surface area contributed by atoms with Crippen LogP contribution in [0.5, 0.6) is 0 Å². The minimum Gasteiger partial charge on any atom is -0.360 e. The highest BCUT2D eigenvalue weighted by Gasteiger charge is 2.04. The molecule has 0 aromatic carbocycles. The van der Waals surface area contributed by atoms with E-state index in [0.29, 0.717) is 0 Å². The number of nitrogens with one attached hydrogen (secondary N) is 1. The van der Waals surface area contributed by atoms with Crippen LogP contribution >= 0.6 is 23.1 Å². The van der Waals surface area contributed by atoms with Crippen molar-refractivity contribution in [1.82, 2.24) is 20.2 Å². The zero-order chi connectivity index (χ0) is 11.2. The van der Waals surface area contributed by atoms with Gasteiger partial charge < -0.3 is 5.32 Å². The van der Waals surface area contributed by atoms with E-state index in [0.717, 1.165) is 27.6 Å². The van der Waals surface area contributed by atoms with Gasteiger partial charge in [0.1, 0.15) is 5.82 Å². The molecule has 2 rings (SSSR count). The Morgan fingerprint density at radius 1 is 1.31 bits per heavy atom. The van der Waals surface area contributed by atoms with Crippen LogP contribution in [0.15, 0.2) is 22.8 Å². The number of rotatable bonds is 5. The second-order valence-electron chi connectivity index (χ2n) is 2.86. The van der Waals surface area contributed by atoms with Crippen molar-refractivity contribution in [2.45, 2.75) is 17.0 Å². The van der Waals surface area contributed by atoms with E-state index in [-0.39, 0.29) is 0 Å². The highest BCUT2D eigenvalue weighted by Crippen LogP contribution is 2.27. The summed E-state index contributed by atoms with van der Waals surface area (Å²) in [6.07, 6.45) is 3.49. The SMILES string of the molecule is CCNc1nnc(SCc2ncccn2)s1. The van der Waals surface area contributed by atoms with Gasteiger partial charge in [-0.2, -0.15) is 0 Å². The standard InChI is InChI=1S/C9H11N5S2/c1-2-10-8-13-14-9(16-8)15-6-7-11-4-3-5-12-7/h3-5H,2,6H2,1H3,(H,10,13). The molecule has 0 amide bonds. The molecule has 5 nitrogen and oxygen atoms in total. The molecule has 2 heterocycles. The first-order valence-corrected chi connectivity index (χ1v) is 6.64. The second kappa shape index (κ2) is 5.76. The van der Waals surface area contributed by atoms with Gasteiger partial charge in [-0.15, -0.1) is 10.2 Å². The van der Waals surface area contributed by atoms with E-state index in [1.165, 1.54) is 0 Å². The molecular weight excluding hydrogens is 242 g/mol. The van der Waals surface area contributed by atoms with Crippen LogP contribution < -0.4 is 5.32 Å². The summed E-state index contributed by atoms with van der Waals surface area (Å²) in [7, 11) is 0. The van der Waals surface area contributed by atoms with Gasteiger partial charge in [0, 0.05) is 18.9 Å². The Labute approximate surface area is 102 Å². The molecule has 1 N–H and O–H groups in total. The largest absolute Gasteiger partial charge is 0.360 e. The molecule has 0 saturated carbocycles. The fourth-order valence-corrected chi connectivity index (χ4v) is 2.72. The van der Waals surface area contributed by atoms with Crippen molar-refractivity contribution in [3.63, 3.8) is 0 Å². The Hall–Kier alpha value is -1.21. The average Bonchev–Trinajstić information content (AvgIpc) is 2.76. The Morgan fingerprint density at radius 2 is 2.12 bits per heavy atom. The number of hydrogen-bond donors (Lipinski definition) is 1. The van der Waals surface area contributed by atoms with Crippen LogP contribution in [0.1, 0.15) is 12.7 Å². The molecule has 0 aliphatic heterocycles. The van der Waals surface area contributed by atoms with Gasteiger partial charge in [0.05, 0.1) is 5.75 Å². The Morgan fingerprint density at radius 3 is 2.88 bits per heavy atom. The highest BCUT2D eigenvalue weighted by molar-refractivity contribution is 8.00. The summed E-state index contributed by atoms with van der Waals surface area (Å²) in [4.78, 5) is 8.29. The van der Waals surface area contributed by atoms with Crippen LogP contribution in [0.2, 0.25) is 0 Å². The predicted octanol–water partition coefficient (Wildman–Crippen LogP) is 2.05. The van der Waals surface area contributed by atoms with E-state index in [1.807, 2.05) is 13.0 Å².